The number of fused-ring (bicyclic) bond motifs is 3. The lowest BCUT2D eigenvalue weighted by atomic mass is 9.65. The van der Waals surface area contributed by atoms with E-state index in [9.17, 15) is 4.79 Å². The van der Waals surface area contributed by atoms with Gasteiger partial charge in [-0.1, -0.05) is 32.9 Å². The summed E-state index contributed by atoms with van der Waals surface area (Å²) in [6.07, 6.45) is 5.13. The fraction of sp³-hybridized carbons (Fsp3) is 0.640. The number of ether oxygens (including phenoxy) is 2. The summed E-state index contributed by atoms with van der Waals surface area (Å²) < 4.78 is 17.5. The van der Waals surface area contributed by atoms with E-state index in [0.29, 0.717) is 13.2 Å². The van der Waals surface area contributed by atoms with Crippen molar-refractivity contribution < 1.29 is 18.7 Å². The third-order valence-corrected chi connectivity index (χ3v) is 11.9. The molecule has 3 rings (SSSR count). The second-order valence-corrected chi connectivity index (χ2v) is 15.0. The van der Waals surface area contributed by atoms with E-state index in [1.807, 2.05) is 13.0 Å². The van der Waals surface area contributed by atoms with Gasteiger partial charge in [0.25, 0.3) is 0 Å². The standard InChI is InChI=1S/C25H38O4Si/c1-8-28-24(26)23-18(16-29-30(6,7)25(2,3)4)10-12-21-20-14-11-19(27-5)15-17(20)9-13-22(21)23/h11-12,14-15,18,22-23H,8-10,13,16H2,1-7H3/t18-,22+,23-/m1/s1. The molecule has 0 unspecified atom stereocenters. The molecule has 4 nitrogen and oxygen atoms in total. The van der Waals surface area contributed by atoms with Gasteiger partial charge in [-0.25, -0.2) is 0 Å². The lowest BCUT2D eigenvalue weighted by Crippen LogP contribution is -2.45. The van der Waals surface area contributed by atoms with Gasteiger partial charge in [0.15, 0.2) is 8.32 Å². The van der Waals surface area contributed by atoms with Crippen LogP contribution in [-0.2, 0) is 20.4 Å². The Morgan fingerprint density at radius 3 is 2.60 bits per heavy atom. The second-order valence-electron chi connectivity index (χ2n) is 10.2. The molecule has 1 aromatic rings. The highest BCUT2D eigenvalue weighted by atomic mass is 28.4. The molecule has 0 saturated carbocycles. The monoisotopic (exact) mass is 430 g/mol. The molecule has 0 saturated heterocycles. The first-order valence-electron chi connectivity index (χ1n) is 11.3. The van der Waals surface area contributed by atoms with Crippen molar-refractivity contribution in [2.45, 2.75) is 65.1 Å². The normalized spacial score (nSPS) is 23.8. The van der Waals surface area contributed by atoms with Crippen molar-refractivity contribution in [2.24, 2.45) is 17.8 Å². The number of carbonyl (C=O) groups is 1. The minimum Gasteiger partial charge on any atom is -0.497 e. The molecule has 0 fully saturated rings. The molecule has 1 aromatic carbocycles. The predicted octanol–water partition coefficient (Wildman–Crippen LogP) is 5.86. The highest BCUT2D eigenvalue weighted by Gasteiger charge is 2.44. The summed E-state index contributed by atoms with van der Waals surface area (Å²) in [7, 11) is -0.165. The Morgan fingerprint density at radius 2 is 1.97 bits per heavy atom. The summed E-state index contributed by atoms with van der Waals surface area (Å²) >= 11 is 0. The number of allylic oxidation sites excluding steroid dienone is 2. The molecule has 2 aliphatic rings. The predicted molar refractivity (Wildman–Crippen MR) is 124 cm³/mol. The Morgan fingerprint density at radius 1 is 1.23 bits per heavy atom. The van der Waals surface area contributed by atoms with Gasteiger partial charge in [0.05, 0.1) is 19.6 Å². The van der Waals surface area contributed by atoms with Crippen LogP contribution in [0.3, 0.4) is 0 Å². The molecular formula is C25H38O4Si. The summed E-state index contributed by atoms with van der Waals surface area (Å²) in [5.41, 5.74) is 3.89. The highest BCUT2D eigenvalue weighted by Crippen LogP contribution is 2.48. The number of methoxy groups -OCH3 is 1. The second kappa shape index (κ2) is 8.87. The number of benzene rings is 1. The van der Waals surface area contributed by atoms with E-state index in [2.05, 4.69) is 52.1 Å². The van der Waals surface area contributed by atoms with Crippen LogP contribution in [0.1, 0.15) is 51.7 Å². The molecular weight excluding hydrogens is 392 g/mol. The molecule has 0 aliphatic heterocycles. The fourth-order valence-corrected chi connectivity index (χ4v) is 5.60. The number of hydrogen-bond acceptors (Lipinski definition) is 4. The number of aryl methyl sites for hydroxylation is 1. The third-order valence-electron chi connectivity index (χ3n) is 7.35. The van der Waals surface area contributed by atoms with Crippen molar-refractivity contribution in [3.63, 3.8) is 0 Å². The van der Waals surface area contributed by atoms with E-state index in [-0.39, 0.29) is 28.8 Å². The van der Waals surface area contributed by atoms with Crippen molar-refractivity contribution in [2.75, 3.05) is 20.3 Å². The van der Waals surface area contributed by atoms with Gasteiger partial charge in [0, 0.05) is 6.61 Å². The highest BCUT2D eigenvalue weighted by molar-refractivity contribution is 6.74. The van der Waals surface area contributed by atoms with E-state index in [0.717, 1.165) is 25.0 Å². The number of hydrogen-bond donors (Lipinski definition) is 0. The molecule has 3 atom stereocenters. The van der Waals surface area contributed by atoms with Crippen LogP contribution < -0.4 is 4.74 Å². The molecule has 0 bridgehead atoms. The van der Waals surface area contributed by atoms with E-state index in [1.54, 1.807) is 7.11 Å². The Hall–Kier alpha value is -1.59. The number of esters is 1. The maximum absolute atomic E-state index is 13.1. The van der Waals surface area contributed by atoms with Crippen molar-refractivity contribution in [1.29, 1.82) is 0 Å². The average molecular weight is 431 g/mol. The van der Waals surface area contributed by atoms with Crippen LogP contribution in [0.15, 0.2) is 24.3 Å². The smallest absolute Gasteiger partial charge is 0.309 e. The Balaban J connectivity index is 1.89. The molecule has 0 N–H and O–H groups in total. The topological polar surface area (TPSA) is 44.8 Å². The van der Waals surface area contributed by atoms with Crippen LogP contribution in [0, 0.1) is 17.8 Å². The summed E-state index contributed by atoms with van der Waals surface area (Å²) in [4.78, 5) is 13.1. The van der Waals surface area contributed by atoms with Crippen LogP contribution in [0.25, 0.3) is 5.57 Å². The van der Waals surface area contributed by atoms with Gasteiger partial charge in [-0.2, -0.15) is 0 Å². The van der Waals surface area contributed by atoms with Gasteiger partial charge < -0.3 is 13.9 Å². The van der Waals surface area contributed by atoms with Crippen LogP contribution in [0.5, 0.6) is 5.75 Å². The zero-order valence-corrected chi connectivity index (χ0v) is 20.7. The van der Waals surface area contributed by atoms with Crippen molar-refractivity contribution in [3.05, 3.63) is 35.4 Å². The molecule has 0 spiro atoms. The first kappa shape index (κ1) is 23.1. The molecule has 0 heterocycles. The quantitative estimate of drug-likeness (QED) is 0.419. The van der Waals surface area contributed by atoms with Crippen LogP contribution in [-0.4, -0.2) is 34.6 Å². The van der Waals surface area contributed by atoms with Gasteiger partial charge in [0.2, 0.25) is 0 Å². The first-order chi connectivity index (χ1) is 14.1. The average Bonchev–Trinajstić information content (AvgIpc) is 2.70. The molecule has 166 valence electrons. The molecule has 30 heavy (non-hydrogen) atoms. The first-order valence-corrected chi connectivity index (χ1v) is 14.2. The van der Waals surface area contributed by atoms with E-state index >= 15 is 0 Å². The molecule has 0 aromatic heterocycles. The van der Waals surface area contributed by atoms with E-state index in [4.69, 9.17) is 13.9 Å². The van der Waals surface area contributed by atoms with Crippen LogP contribution in [0.2, 0.25) is 18.1 Å². The fourth-order valence-electron chi connectivity index (χ4n) is 4.54. The van der Waals surface area contributed by atoms with Gasteiger partial charge in [-0.3, -0.25) is 4.79 Å². The number of rotatable bonds is 6. The zero-order chi connectivity index (χ0) is 22.1. The van der Waals surface area contributed by atoms with Crippen molar-refractivity contribution >= 4 is 19.9 Å². The summed E-state index contributed by atoms with van der Waals surface area (Å²) in [5.74, 6) is 1.07. The van der Waals surface area contributed by atoms with Crippen LogP contribution >= 0.6 is 0 Å². The van der Waals surface area contributed by atoms with Crippen molar-refractivity contribution in [3.8, 4) is 5.75 Å². The Labute approximate surface area is 183 Å². The van der Waals surface area contributed by atoms with E-state index in [1.165, 1.54) is 16.7 Å². The van der Waals surface area contributed by atoms with Gasteiger partial charge in [0.1, 0.15) is 5.75 Å². The van der Waals surface area contributed by atoms with Crippen LogP contribution in [0.4, 0.5) is 0 Å². The van der Waals surface area contributed by atoms with Gasteiger partial charge in [-0.15, -0.1) is 0 Å². The minimum atomic E-state index is -1.87. The largest absolute Gasteiger partial charge is 0.497 e. The Bertz CT molecular complexity index is 806. The summed E-state index contributed by atoms with van der Waals surface area (Å²) in [6, 6.07) is 6.31. The lowest BCUT2D eigenvalue weighted by molar-refractivity contribution is -0.152. The molecule has 5 heteroatoms. The third kappa shape index (κ3) is 4.52. The Kier molecular flexibility index (Phi) is 6.83. The maximum Gasteiger partial charge on any atom is 0.309 e. The minimum absolute atomic E-state index is 0.0612. The molecule has 2 aliphatic carbocycles. The van der Waals surface area contributed by atoms with E-state index < -0.39 is 8.32 Å². The summed E-state index contributed by atoms with van der Waals surface area (Å²) in [5, 5.41) is 0.158. The van der Waals surface area contributed by atoms with Gasteiger partial charge in [-0.05, 0) is 85.0 Å². The summed E-state index contributed by atoms with van der Waals surface area (Å²) in [6.45, 7) is 14.3. The molecule has 0 radical (unpaired) electrons. The maximum atomic E-state index is 13.1. The van der Waals surface area contributed by atoms with Crippen molar-refractivity contribution in [1.82, 2.24) is 0 Å². The zero-order valence-electron chi connectivity index (χ0n) is 19.7. The SMILES string of the molecule is CCOC(=O)[C@@H]1[C@@H](CO[Si](C)(C)C(C)(C)C)CC=C2c3ccc(OC)cc3CC[C@@H]21. The number of carbonyl (C=O) groups excluding carboxylic acids is 1. The lowest BCUT2D eigenvalue weighted by Gasteiger charge is -2.42. The van der Waals surface area contributed by atoms with Gasteiger partial charge >= 0.3 is 5.97 Å². The molecule has 0 amide bonds.